The van der Waals surface area contributed by atoms with Gasteiger partial charge >= 0.3 is 0 Å². The Morgan fingerprint density at radius 1 is 0.800 bits per heavy atom. The molecule has 60 valence electrons. The van der Waals surface area contributed by atoms with Crippen molar-refractivity contribution in [3.63, 3.8) is 0 Å². The first-order valence-corrected chi connectivity index (χ1v) is 4.52. The van der Waals surface area contributed by atoms with Crippen LogP contribution in [0.15, 0.2) is 0 Å². The molecule has 0 aliphatic heterocycles. The Balaban J connectivity index is 2.65. The van der Waals surface area contributed by atoms with Gasteiger partial charge < -0.3 is 0 Å². The molecule has 0 amide bonds. The fourth-order valence-electron chi connectivity index (χ4n) is 1.07. The second-order valence-electron chi connectivity index (χ2n) is 2.84. The summed E-state index contributed by atoms with van der Waals surface area (Å²) in [6.07, 6.45) is 8.93. The van der Waals surface area contributed by atoms with Crippen LogP contribution in [0.1, 0.15) is 51.9 Å². The molecule has 0 spiro atoms. The number of unbranched alkanes of at least 4 members (excludes halogenated alkanes) is 6. The van der Waals surface area contributed by atoms with Crippen LogP contribution in [0.4, 0.5) is 0 Å². The van der Waals surface area contributed by atoms with Crippen LogP contribution in [0, 0.1) is 0 Å². The normalized spacial score (nSPS) is 10.2. The van der Waals surface area contributed by atoms with Gasteiger partial charge in [-0.15, -0.1) is 5.73 Å². The predicted octanol–water partition coefficient (Wildman–Crippen LogP) is 2.81. The molecule has 0 aromatic rings. The van der Waals surface area contributed by atoms with Crippen molar-refractivity contribution < 1.29 is 0 Å². The van der Waals surface area contributed by atoms with Gasteiger partial charge in [0.15, 0.2) is 0 Å². The zero-order valence-electron chi connectivity index (χ0n) is 7.10. The van der Waals surface area contributed by atoms with Gasteiger partial charge in [0.25, 0.3) is 0 Å². The van der Waals surface area contributed by atoms with E-state index in [2.05, 4.69) is 6.92 Å². The van der Waals surface area contributed by atoms with E-state index >= 15 is 0 Å². The molecular weight excluding hydrogens is 122 g/mol. The van der Waals surface area contributed by atoms with Crippen LogP contribution >= 0.6 is 0 Å². The number of hydrogen-bond donors (Lipinski definition) is 0. The van der Waals surface area contributed by atoms with Crippen LogP contribution < -0.4 is 5.73 Å². The summed E-state index contributed by atoms with van der Waals surface area (Å²) in [6, 6.07) is 0. The molecule has 10 heavy (non-hydrogen) atoms. The van der Waals surface area contributed by atoms with Crippen molar-refractivity contribution in [1.82, 2.24) is 5.73 Å². The van der Waals surface area contributed by atoms with Crippen molar-refractivity contribution >= 4 is 0 Å². The molecule has 0 fully saturated rings. The van der Waals surface area contributed by atoms with E-state index in [0.29, 0.717) is 6.54 Å². The Hall–Kier alpha value is -0.0400. The van der Waals surface area contributed by atoms with Crippen molar-refractivity contribution in [1.29, 1.82) is 0 Å². The van der Waals surface area contributed by atoms with Crippen molar-refractivity contribution in [2.24, 2.45) is 0 Å². The fourth-order valence-corrected chi connectivity index (χ4v) is 1.07. The highest BCUT2D eigenvalue weighted by atomic mass is 14.5. The topological polar surface area (TPSA) is 22.3 Å². The van der Waals surface area contributed by atoms with Crippen LogP contribution in [-0.2, 0) is 0 Å². The molecule has 1 nitrogen and oxygen atoms in total. The SMILES string of the molecule is CCCCCCCCC[N]. The highest BCUT2D eigenvalue weighted by Gasteiger charge is 1.88. The van der Waals surface area contributed by atoms with E-state index in [1.54, 1.807) is 0 Å². The summed E-state index contributed by atoms with van der Waals surface area (Å²) in [5.74, 6) is 0. The lowest BCUT2D eigenvalue weighted by Crippen LogP contribution is -1.85. The first-order chi connectivity index (χ1) is 4.91. The highest BCUT2D eigenvalue weighted by molar-refractivity contribution is 4.44. The summed E-state index contributed by atoms with van der Waals surface area (Å²) in [5.41, 5.74) is 8.47. The summed E-state index contributed by atoms with van der Waals surface area (Å²) in [6.45, 7) is 2.60. The minimum atomic E-state index is 0.369. The molecule has 0 saturated heterocycles. The van der Waals surface area contributed by atoms with Gasteiger partial charge in [-0.05, 0) is 6.42 Å². The Bertz CT molecular complexity index is 44.7. The Morgan fingerprint density at radius 2 is 1.30 bits per heavy atom. The molecule has 0 rings (SSSR count). The molecule has 0 unspecified atom stereocenters. The fraction of sp³-hybridized carbons (Fsp3) is 1.00. The van der Waals surface area contributed by atoms with Crippen molar-refractivity contribution in [3.05, 3.63) is 0 Å². The van der Waals surface area contributed by atoms with Gasteiger partial charge in [-0.2, -0.15) is 0 Å². The number of hydrogen-bond acceptors (Lipinski definition) is 0. The minimum Gasteiger partial charge on any atom is -0.145 e. The van der Waals surface area contributed by atoms with Crippen LogP contribution in [0.2, 0.25) is 0 Å². The van der Waals surface area contributed by atoms with Crippen LogP contribution in [0.25, 0.3) is 0 Å². The molecule has 0 heterocycles. The second kappa shape index (κ2) is 8.96. The third-order valence-corrected chi connectivity index (χ3v) is 1.76. The maximum absolute atomic E-state index is 8.47. The van der Waals surface area contributed by atoms with E-state index in [1.165, 1.54) is 38.5 Å². The molecule has 0 saturated carbocycles. The molecule has 0 aliphatic carbocycles. The maximum Gasteiger partial charge on any atom is 0.0321 e. The van der Waals surface area contributed by atoms with Gasteiger partial charge in [0.2, 0.25) is 0 Å². The summed E-state index contributed by atoms with van der Waals surface area (Å²) in [4.78, 5) is 0. The smallest absolute Gasteiger partial charge is 0.0321 e. The van der Waals surface area contributed by atoms with Gasteiger partial charge in [0.1, 0.15) is 0 Å². The van der Waals surface area contributed by atoms with Gasteiger partial charge in [-0.25, -0.2) is 0 Å². The van der Waals surface area contributed by atoms with Gasteiger partial charge in [0, 0.05) is 6.54 Å². The predicted molar refractivity (Wildman–Crippen MR) is 45.0 cm³/mol. The van der Waals surface area contributed by atoms with Gasteiger partial charge in [-0.1, -0.05) is 45.4 Å². The van der Waals surface area contributed by atoms with E-state index in [0.717, 1.165) is 6.42 Å². The van der Waals surface area contributed by atoms with E-state index in [9.17, 15) is 0 Å². The van der Waals surface area contributed by atoms with Crippen molar-refractivity contribution in [2.45, 2.75) is 51.9 Å². The summed E-state index contributed by atoms with van der Waals surface area (Å²) in [5, 5.41) is 0. The molecule has 0 atom stereocenters. The maximum atomic E-state index is 8.47. The Labute approximate surface area is 65.0 Å². The molecular formula is C9H19N. The van der Waals surface area contributed by atoms with E-state index in [-0.39, 0.29) is 0 Å². The lowest BCUT2D eigenvalue weighted by molar-refractivity contribution is 0.591. The highest BCUT2D eigenvalue weighted by Crippen LogP contribution is 2.05. The third-order valence-electron chi connectivity index (χ3n) is 1.76. The van der Waals surface area contributed by atoms with Crippen LogP contribution in [0.5, 0.6) is 0 Å². The Kier molecular flexibility index (Phi) is 8.92. The molecule has 2 radical (unpaired) electrons. The lowest BCUT2D eigenvalue weighted by atomic mass is 10.1. The second-order valence-corrected chi connectivity index (χ2v) is 2.84. The number of rotatable bonds is 7. The average Bonchev–Trinajstić information content (AvgIpc) is 1.97. The summed E-state index contributed by atoms with van der Waals surface area (Å²) in [7, 11) is 0. The molecule has 0 aromatic heterocycles. The first-order valence-electron chi connectivity index (χ1n) is 4.52. The van der Waals surface area contributed by atoms with Gasteiger partial charge in [0.05, 0.1) is 0 Å². The van der Waals surface area contributed by atoms with E-state index in [4.69, 9.17) is 5.73 Å². The van der Waals surface area contributed by atoms with Gasteiger partial charge in [-0.3, -0.25) is 0 Å². The summed E-state index contributed by atoms with van der Waals surface area (Å²) >= 11 is 0. The lowest BCUT2D eigenvalue weighted by Gasteiger charge is -1.97. The number of nitrogens with zero attached hydrogens (tertiary/aromatic N) is 1. The van der Waals surface area contributed by atoms with E-state index < -0.39 is 0 Å². The summed E-state index contributed by atoms with van der Waals surface area (Å²) < 4.78 is 0. The zero-order chi connectivity index (χ0) is 7.66. The van der Waals surface area contributed by atoms with E-state index in [1.807, 2.05) is 0 Å². The van der Waals surface area contributed by atoms with Crippen LogP contribution in [-0.4, -0.2) is 6.54 Å². The third kappa shape index (κ3) is 7.96. The standard InChI is InChI=1S/C9H19N/c1-2-3-4-5-6-7-8-9-10/h2-9H2,1H3. The molecule has 0 bridgehead atoms. The molecule has 0 N–H and O–H groups in total. The van der Waals surface area contributed by atoms with Crippen LogP contribution in [0.3, 0.4) is 0 Å². The first kappa shape index (κ1) is 9.96. The monoisotopic (exact) mass is 141 g/mol. The quantitative estimate of drug-likeness (QED) is 0.486. The zero-order valence-corrected chi connectivity index (χ0v) is 7.10. The largest absolute Gasteiger partial charge is 0.145 e. The Morgan fingerprint density at radius 3 is 1.80 bits per heavy atom. The minimum absolute atomic E-state index is 0.369. The average molecular weight is 141 g/mol. The molecule has 0 aromatic carbocycles. The van der Waals surface area contributed by atoms with Crippen molar-refractivity contribution in [2.75, 3.05) is 6.54 Å². The van der Waals surface area contributed by atoms with Crippen molar-refractivity contribution in [3.8, 4) is 0 Å². The molecule has 1 heteroatoms. The molecule has 0 aliphatic rings.